The maximum absolute atomic E-state index is 12.9. The Morgan fingerprint density at radius 1 is 1.26 bits per heavy atom. The van der Waals surface area contributed by atoms with Crippen LogP contribution in [0, 0.1) is 0 Å². The zero-order valence-electron chi connectivity index (χ0n) is 13.5. The highest BCUT2D eigenvalue weighted by atomic mass is 79.9. The van der Waals surface area contributed by atoms with Gasteiger partial charge in [-0.2, -0.15) is 0 Å². The van der Waals surface area contributed by atoms with Gasteiger partial charge in [0, 0.05) is 17.1 Å². The standard InChI is InChI=1S/C16H23BrN2O3S/c1-18(2)9-5-10-19(13-8-11-23(21,22)12-13)16(20)14-6-3-4-7-15(14)17/h3-4,6-7,13H,5,8-12H2,1-2H3. The number of carbonyl (C=O) groups is 1. The summed E-state index contributed by atoms with van der Waals surface area (Å²) >= 11 is 3.41. The normalized spacial score (nSPS) is 19.9. The Balaban J connectivity index is 2.19. The number of sulfone groups is 1. The molecule has 0 aliphatic carbocycles. The highest BCUT2D eigenvalue weighted by molar-refractivity contribution is 9.10. The predicted octanol–water partition coefficient (Wildman–Crippen LogP) is 2.03. The van der Waals surface area contributed by atoms with Gasteiger partial charge in [0.1, 0.15) is 0 Å². The van der Waals surface area contributed by atoms with Crippen LogP contribution in [0.25, 0.3) is 0 Å². The molecule has 0 aromatic heterocycles. The van der Waals surface area contributed by atoms with Gasteiger partial charge < -0.3 is 9.80 Å². The molecule has 2 rings (SSSR count). The Morgan fingerprint density at radius 2 is 1.96 bits per heavy atom. The minimum atomic E-state index is -3.02. The van der Waals surface area contributed by atoms with E-state index in [0.29, 0.717) is 18.5 Å². The number of hydrogen-bond donors (Lipinski definition) is 0. The third-order valence-electron chi connectivity index (χ3n) is 4.02. The van der Waals surface area contributed by atoms with E-state index >= 15 is 0 Å². The van der Waals surface area contributed by atoms with Crippen molar-refractivity contribution < 1.29 is 13.2 Å². The number of hydrogen-bond acceptors (Lipinski definition) is 4. The minimum absolute atomic E-state index is 0.0746. The molecule has 1 aliphatic heterocycles. The predicted molar refractivity (Wildman–Crippen MR) is 95.4 cm³/mol. The van der Waals surface area contributed by atoms with Gasteiger partial charge >= 0.3 is 0 Å². The third kappa shape index (κ3) is 5.02. The molecule has 128 valence electrons. The molecule has 1 heterocycles. The lowest BCUT2D eigenvalue weighted by molar-refractivity contribution is 0.0689. The molecule has 1 aromatic carbocycles. The van der Waals surface area contributed by atoms with Gasteiger partial charge in [-0.15, -0.1) is 0 Å². The van der Waals surface area contributed by atoms with Gasteiger partial charge in [-0.1, -0.05) is 12.1 Å². The Labute approximate surface area is 146 Å². The highest BCUT2D eigenvalue weighted by Gasteiger charge is 2.35. The molecular weight excluding hydrogens is 380 g/mol. The van der Waals surface area contributed by atoms with Gasteiger partial charge in [0.05, 0.1) is 17.1 Å². The minimum Gasteiger partial charge on any atom is -0.335 e. The molecule has 5 nitrogen and oxygen atoms in total. The molecule has 1 fully saturated rings. The van der Waals surface area contributed by atoms with E-state index in [1.165, 1.54) is 0 Å². The van der Waals surface area contributed by atoms with Crippen molar-refractivity contribution in [2.75, 3.05) is 38.7 Å². The van der Waals surface area contributed by atoms with Crippen LogP contribution in [0.15, 0.2) is 28.7 Å². The fraction of sp³-hybridized carbons (Fsp3) is 0.562. The highest BCUT2D eigenvalue weighted by Crippen LogP contribution is 2.23. The van der Waals surface area contributed by atoms with Crippen LogP contribution >= 0.6 is 15.9 Å². The smallest absolute Gasteiger partial charge is 0.255 e. The lowest BCUT2D eigenvalue weighted by Crippen LogP contribution is -2.42. The van der Waals surface area contributed by atoms with Crippen LogP contribution in [0.5, 0.6) is 0 Å². The second kappa shape index (κ2) is 7.77. The van der Waals surface area contributed by atoms with Crippen molar-refractivity contribution in [2.24, 2.45) is 0 Å². The monoisotopic (exact) mass is 402 g/mol. The molecular formula is C16H23BrN2O3S. The van der Waals surface area contributed by atoms with Crippen LogP contribution in [-0.4, -0.2) is 68.9 Å². The summed E-state index contributed by atoms with van der Waals surface area (Å²) in [6, 6.07) is 7.06. The number of amides is 1. The third-order valence-corrected chi connectivity index (χ3v) is 6.46. The molecule has 0 bridgehead atoms. The van der Waals surface area contributed by atoms with Gasteiger partial charge in [-0.25, -0.2) is 8.42 Å². The molecule has 1 saturated heterocycles. The maximum atomic E-state index is 12.9. The fourth-order valence-electron chi connectivity index (χ4n) is 2.82. The second-order valence-corrected chi connectivity index (χ2v) is 9.28. The molecule has 7 heteroatoms. The van der Waals surface area contributed by atoms with Crippen LogP contribution in [0.2, 0.25) is 0 Å². The first-order chi connectivity index (χ1) is 10.8. The maximum Gasteiger partial charge on any atom is 0.255 e. The van der Waals surface area contributed by atoms with Gasteiger partial charge in [0.15, 0.2) is 9.84 Å². The molecule has 0 spiro atoms. The number of carbonyl (C=O) groups excluding carboxylic acids is 1. The number of nitrogens with zero attached hydrogens (tertiary/aromatic N) is 2. The van der Waals surface area contributed by atoms with E-state index in [-0.39, 0.29) is 23.5 Å². The first-order valence-electron chi connectivity index (χ1n) is 7.71. The SMILES string of the molecule is CN(C)CCCN(C(=O)c1ccccc1Br)C1CCS(=O)(=O)C1. The Bertz CT molecular complexity index is 661. The van der Waals surface area contributed by atoms with Crippen LogP contribution in [0.3, 0.4) is 0 Å². The summed E-state index contributed by atoms with van der Waals surface area (Å²) in [5.74, 6) is 0.148. The molecule has 1 unspecified atom stereocenters. The van der Waals surface area contributed by atoms with Crippen molar-refractivity contribution in [2.45, 2.75) is 18.9 Å². The van der Waals surface area contributed by atoms with Crippen LogP contribution in [0.1, 0.15) is 23.2 Å². The van der Waals surface area contributed by atoms with Crippen LogP contribution < -0.4 is 0 Å². The van der Waals surface area contributed by atoms with E-state index in [1.807, 2.05) is 32.3 Å². The average Bonchev–Trinajstić information content (AvgIpc) is 2.83. The van der Waals surface area contributed by atoms with Crippen molar-refractivity contribution in [3.8, 4) is 0 Å². The largest absolute Gasteiger partial charge is 0.335 e. The van der Waals surface area contributed by atoms with Crippen LogP contribution in [-0.2, 0) is 9.84 Å². The molecule has 1 amide bonds. The van der Waals surface area contributed by atoms with E-state index in [4.69, 9.17) is 0 Å². The lowest BCUT2D eigenvalue weighted by atomic mass is 10.1. The number of benzene rings is 1. The van der Waals surface area contributed by atoms with E-state index in [2.05, 4.69) is 20.8 Å². The summed E-state index contributed by atoms with van der Waals surface area (Å²) in [7, 11) is 0.948. The van der Waals surface area contributed by atoms with Gasteiger partial charge in [-0.05, 0) is 61.5 Å². The summed E-state index contributed by atoms with van der Waals surface area (Å²) in [4.78, 5) is 16.7. The second-order valence-electron chi connectivity index (χ2n) is 6.19. The van der Waals surface area contributed by atoms with Crippen molar-refractivity contribution in [1.29, 1.82) is 0 Å². The summed E-state index contributed by atoms with van der Waals surface area (Å²) < 4.78 is 24.3. The zero-order valence-corrected chi connectivity index (χ0v) is 15.9. The van der Waals surface area contributed by atoms with Crippen molar-refractivity contribution in [1.82, 2.24) is 9.80 Å². The van der Waals surface area contributed by atoms with E-state index < -0.39 is 9.84 Å². The van der Waals surface area contributed by atoms with E-state index in [1.54, 1.807) is 11.0 Å². The molecule has 1 atom stereocenters. The van der Waals surface area contributed by atoms with Crippen molar-refractivity contribution in [3.63, 3.8) is 0 Å². The fourth-order valence-corrected chi connectivity index (χ4v) is 5.00. The molecule has 0 radical (unpaired) electrons. The quantitative estimate of drug-likeness (QED) is 0.730. The number of rotatable bonds is 6. The summed E-state index contributed by atoms with van der Waals surface area (Å²) in [5.41, 5.74) is 0.585. The molecule has 0 N–H and O–H groups in total. The molecule has 1 aliphatic rings. The molecule has 23 heavy (non-hydrogen) atoms. The summed E-state index contributed by atoms with van der Waals surface area (Å²) in [5, 5.41) is 0. The molecule has 0 saturated carbocycles. The average molecular weight is 403 g/mol. The topological polar surface area (TPSA) is 57.7 Å². The first kappa shape index (κ1) is 18.4. The van der Waals surface area contributed by atoms with Crippen molar-refractivity contribution >= 4 is 31.7 Å². The van der Waals surface area contributed by atoms with Gasteiger partial charge in [0.2, 0.25) is 0 Å². The Morgan fingerprint density at radius 3 is 2.52 bits per heavy atom. The van der Waals surface area contributed by atoms with E-state index in [0.717, 1.165) is 17.4 Å². The lowest BCUT2D eigenvalue weighted by Gasteiger charge is -2.29. The Hall–Kier alpha value is -0.920. The van der Waals surface area contributed by atoms with Gasteiger partial charge in [0.25, 0.3) is 5.91 Å². The van der Waals surface area contributed by atoms with Crippen LogP contribution in [0.4, 0.5) is 0 Å². The summed E-state index contributed by atoms with van der Waals surface area (Å²) in [6.45, 7) is 1.43. The van der Waals surface area contributed by atoms with E-state index in [9.17, 15) is 13.2 Å². The first-order valence-corrected chi connectivity index (χ1v) is 10.3. The molecule has 1 aromatic rings. The summed E-state index contributed by atoms with van der Waals surface area (Å²) in [6.07, 6.45) is 1.35. The van der Waals surface area contributed by atoms with Gasteiger partial charge in [-0.3, -0.25) is 4.79 Å². The Kier molecular flexibility index (Phi) is 6.22. The van der Waals surface area contributed by atoms with Crippen molar-refractivity contribution in [3.05, 3.63) is 34.3 Å². The zero-order chi connectivity index (χ0) is 17.0. The number of halogens is 1.